The standard InChI is InChI=1S/C16H19N5/c17-14-12-13(19-15(20-14)21-18)11-6-2-1-5-10(11)9-16(12)7-3-4-8-16/h1-2,5-6H,3-4,7-9,18H2,(H3,17,19,20,21). The van der Waals surface area contributed by atoms with Crippen molar-refractivity contribution >= 4 is 11.8 Å². The van der Waals surface area contributed by atoms with Gasteiger partial charge in [0, 0.05) is 16.5 Å². The minimum absolute atomic E-state index is 0.112. The maximum absolute atomic E-state index is 6.28. The number of hydrogen-bond acceptors (Lipinski definition) is 5. The quantitative estimate of drug-likeness (QED) is 0.551. The minimum Gasteiger partial charge on any atom is -0.383 e. The van der Waals surface area contributed by atoms with E-state index in [0.29, 0.717) is 11.8 Å². The summed E-state index contributed by atoms with van der Waals surface area (Å²) in [7, 11) is 0. The molecule has 1 saturated carbocycles. The van der Waals surface area contributed by atoms with Gasteiger partial charge in [-0.1, -0.05) is 37.1 Å². The molecule has 1 aromatic heterocycles. The van der Waals surface area contributed by atoms with Crippen LogP contribution < -0.4 is 17.0 Å². The number of hydrazine groups is 1. The topological polar surface area (TPSA) is 89.8 Å². The molecule has 0 amide bonds. The zero-order valence-corrected chi connectivity index (χ0v) is 11.9. The molecule has 2 aliphatic rings. The van der Waals surface area contributed by atoms with Gasteiger partial charge in [0.1, 0.15) is 5.82 Å². The van der Waals surface area contributed by atoms with Crippen molar-refractivity contribution in [3.05, 3.63) is 35.4 Å². The van der Waals surface area contributed by atoms with E-state index in [1.54, 1.807) is 0 Å². The number of nitrogens with zero attached hydrogens (tertiary/aromatic N) is 2. The lowest BCUT2D eigenvalue weighted by Gasteiger charge is -2.37. The van der Waals surface area contributed by atoms with Gasteiger partial charge in [-0.3, -0.25) is 5.43 Å². The summed E-state index contributed by atoms with van der Waals surface area (Å²) < 4.78 is 0. The van der Waals surface area contributed by atoms with Crippen molar-refractivity contribution in [2.24, 2.45) is 5.84 Å². The Bertz CT molecular complexity index is 704. The SMILES string of the molecule is NNc1nc(N)c2c(n1)-c1ccccc1CC21CCCC1. The number of nitrogen functional groups attached to an aromatic ring is 2. The molecular formula is C16H19N5. The summed E-state index contributed by atoms with van der Waals surface area (Å²) in [6.07, 6.45) is 5.86. The highest BCUT2D eigenvalue weighted by Gasteiger charge is 2.43. The fourth-order valence-corrected chi connectivity index (χ4v) is 4.10. The maximum atomic E-state index is 6.28. The van der Waals surface area contributed by atoms with E-state index in [0.717, 1.165) is 36.1 Å². The van der Waals surface area contributed by atoms with Crippen LogP contribution in [0.5, 0.6) is 0 Å². The molecule has 5 heteroatoms. The van der Waals surface area contributed by atoms with Crippen molar-refractivity contribution in [3.63, 3.8) is 0 Å². The molecular weight excluding hydrogens is 262 g/mol. The van der Waals surface area contributed by atoms with Crippen molar-refractivity contribution in [1.82, 2.24) is 9.97 Å². The highest BCUT2D eigenvalue weighted by atomic mass is 15.3. The fraction of sp³-hybridized carbons (Fsp3) is 0.375. The van der Waals surface area contributed by atoms with E-state index < -0.39 is 0 Å². The van der Waals surface area contributed by atoms with E-state index in [1.165, 1.54) is 18.4 Å². The van der Waals surface area contributed by atoms with Crippen LogP contribution in [0, 0.1) is 0 Å². The average molecular weight is 281 g/mol. The molecule has 1 spiro atoms. The van der Waals surface area contributed by atoms with Gasteiger partial charge in [0.25, 0.3) is 0 Å². The van der Waals surface area contributed by atoms with Gasteiger partial charge >= 0.3 is 0 Å². The normalized spacial score (nSPS) is 18.3. The Hall–Kier alpha value is -2.14. The number of hydrogen-bond donors (Lipinski definition) is 3. The minimum atomic E-state index is 0.112. The Morgan fingerprint density at radius 2 is 1.86 bits per heavy atom. The Morgan fingerprint density at radius 1 is 1.10 bits per heavy atom. The molecule has 1 aromatic carbocycles. The zero-order chi connectivity index (χ0) is 14.4. The van der Waals surface area contributed by atoms with Crippen LogP contribution in [0.25, 0.3) is 11.3 Å². The zero-order valence-electron chi connectivity index (χ0n) is 11.9. The molecule has 5 nitrogen and oxygen atoms in total. The van der Waals surface area contributed by atoms with Crippen LogP contribution in [0.2, 0.25) is 0 Å². The van der Waals surface area contributed by atoms with Gasteiger partial charge in [0.05, 0.1) is 5.69 Å². The van der Waals surface area contributed by atoms with Crippen LogP contribution in [0.15, 0.2) is 24.3 Å². The first kappa shape index (κ1) is 12.6. The van der Waals surface area contributed by atoms with Crippen LogP contribution in [-0.2, 0) is 11.8 Å². The van der Waals surface area contributed by atoms with Gasteiger partial charge in [-0.05, 0) is 24.8 Å². The van der Waals surface area contributed by atoms with Crippen LogP contribution in [0.1, 0.15) is 36.8 Å². The summed E-state index contributed by atoms with van der Waals surface area (Å²) in [5, 5.41) is 0. The molecule has 1 fully saturated rings. The van der Waals surface area contributed by atoms with Gasteiger partial charge in [0.2, 0.25) is 5.95 Å². The van der Waals surface area contributed by atoms with E-state index >= 15 is 0 Å². The summed E-state index contributed by atoms with van der Waals surface area (Å²) in [5.74, 6) is 6.44. The second-order valence-electron chi connectivity index (χ2n) is 6.12. The molecule has 0 unspecified atom stereocenters. The van der Waals surface area contributed by atoms with Crippen molar-refractivity contribution in [2.45, 2.75) is 37.5 Å². The van der Waals surface area contributed by atoms with E-state index in [2.05, 4.69) is 33.6 Å². The molecule has 0 atom stereocenters. The van der Waals surface area contributed by atoms with Crippen molar-refractivity contribution < 1.29 is 0 Å². The molecule has 0 saturated heterocycles. The Labute approximate surface area is 123 Å². The largest absolute Gasteiger partial charge is 0.383 e. The summed E-state index contributed by atoms with van der Waals surface area (Å²) in [6, 6.07) is 8.46. The lowest BCUT2D eigenvalue weighted by atomic mass is 9.68. The predicted octanol–water partition coefficient (Wildman–Crippen LogP) is 2.38. The lowest BCUT2D eigenvalue weighted by Crippen LogP contribution is -2.32. The van der Waals surface area contributed by atoms with Gasteiger partial charge in [-0.15, -0.1) is 0 Å². The van der Waals surface area contributed by atoms with Gasteiger partial charge in [-0.2, -0.15) is 4.98 Å². The fourth-order valence-electron chi connectivity index (χ4n) is 4.10. The van der Waals surface area contributed by atoms with Crippen LogP contribution in [0.4, 0.5) is 11.8 Å². The monoisotopic (exact) mass is 281 g/mol. The molecule has 0 bridgehead atoms. The molecule has 108 valence electrons. The number of fused-ring (bicyclic) bond motifs is 4. The third kappa shape index (κ3) is 1.74. The third-order valence-corrected chi connectivity index (χ3v) is 4.96. The smallest absolute Gasteiger partial charge is 0.239 e. The average Bonchev–Trinajstić information content (AvgIpc) is 2.95. The Morgan fingerprint density at radius 3 is 2.62 bits per heavy atom. The molecule has 1 heterocycles. The summed E-state index contributed by atoms with van der Waals surface area (Å²) in [5.41, 5.74) is 13.5. The summed E-state index contributed by atoms with van der Waals surface area (Å²) in [6.45, 7) is 0. The number of nitrogens with one attached hydrogen (secondary N) is 1. The Kier molecular flexibility index (Phi) is 2.65. The van der Waals surface area contributed by atoms with Crippen LogP contribution >= 0.6 is 0 Å². The predicted molar refractivity (Wildman–Crippen MR) is 83.5 cm³/mol. The summed E-state index contributed by atoms with van der Waals surface area (Å²) in [4.78, 5) is 8.95. The number of aromatic nitrogens is 2. The second-order valence-corrected chi connectivity index (χ2v) is 6.12. The van der Waals surface area contributed by atoms with E-state index in [-0.39, 0.29) is 5.41 Å². The highest BCUT2D eigenvalue weighted by molar-refractivity contribution is 5.77. The molecule has 4 rings (SSSR count). The van der Waals surface area contributed by atoms with E-state index in [1.807, 2.05) is 6.07 Å². The van der Waals surface area contributed by atoms with Crippen molar-refractivity contribution in [1.29, 1.82) is 0 Å². The first-order valence-corrected chi connectivity index (χ1v) is 7.46. The first-order valence-electron chi connectivity index (χ1n) is 7.46. The lowest BCUT2D eigenvalue weighted by molar-refractivity contribution is 0.432. The molecule has 2 aliphatic carbocycles. The van der Waals surface area contributed by atoms with Gasteiger partial charge in [0.15, 0.2) is 0 Å². The van der Waals surface area contributed by atoms with E-state index in [4.69, 9.17) is 11.6 Å². The molecule has 5 N–H and O–H groups in total. The third-order valence-electron chi connectivity index (χ3n) is 4.96. The summed E-state index contributed by atoms with van der Waals surface area (Å²) >= 11 is 0. The van der Waals surface area contributed by atoms with E-state index in [9.17, 15) is 0 Å². The van der Waals surface area contributed by atoms with Gasteiger partial charge < -0.3 is 5.73 Å². The molecule has 0 aliphatic heterocycles. The molecule has 21 heavy (non-hydrogen) atoms. The van der Waals surface area contributed by atoms with Crippen LogP contribution in [0.3, 0.4) is 0 Å². The Balaban J connectivity index is 2.03. The highest BCUT2D eigenvalue weighted by Crippen LogP contribution is 2.52. The molecule has 0 radical (unpaired) electrons. The first-order chi connectivity index (χ1) is 10.2. The van der Waals surface area contributed by atoms with Crippen LogP contribution in [-0.4, -0.2) is 9.97 Å². The maximum Gasteiger partial charge on any atom is 0.239 e. The number of anilines is 2. The van der Waals surface area contributed by atoms with Gasteiger partial charge in [-0.25, -0.2) is 10.8 Å². The van der Waals surface area contributed by atoms with Crippen molar-refractivity contribution in [2.75, 3.05) is 11.2 Å². The molecule has 2 aromatic rings. The second kappa shape index (κ2) is 4.43. The van der Waals surface area contributed by atoms with Crippen molar-refractivity contribution in [3.8, 4) is 11.3 Å². The number of nitrogens with two attached hydrogens (primary N) is 2. The number of benzene rings is 1. The number of rotatable bonds is 1.